The first-order valence-corrected chi connectivity index (χ1v) is 5.45. The average molecular weight is 254 g/mol. The van der Waals surface area contributed by atoms with Crippen LogP contribution in [0.2, 0.25) is 5.02 Å². The number of benzene rings is 1. The molecule has 1 fully saturated rings. The van der Waals surface area contributed by atoms with E-state index in [9.17, 15) is 9.59 Å². The number of hydrazine groups is 1. The number of ketones is 1. The van der Waals surface area contributed by atoms with E-state index in [1.165, 1.54) is 5.01 Å². The van der Waals surface area contributed by atoms with Crippen molar-refractivity contribution < 1.29 is 9.59 Å². The first kappa shape index (κ1) is 12.0. The summed E-state index contributed by atoms with van der Waals surface area (Å²) in [7, 11) is 3.46. The summed E-state index contributed by atoms with van der Waals surface area (Å²) in [5.41, 5.74) is 3.44. The number of rotatable bonds is 2. The van der Waals surface area contributed by atoms with Gasteiger partial charge in [0.1, 0.15) is 6.17 Å². The summed E-state index contributed by atoms with van der Waals surface area (Å²) in [5.74, 6) is -1.03. The van der Waals surface area contributed by atoms with E-state index in [0.29, 0.717) is 10.7 Å². The molecular weight excluding hydrogens is 242 g/mol. The van der Waals surface area contributed by atoms with E-state index in [4.69, 9.17) is 11.6 Å². The quantitative estimate of drug-likeness (QED) is 0.787. The van der Waals surface area contributed by atoms with Crippen molar-refractivity contribution in [3.8, 4) is 0 Å². The maximum absolute atomic E-state index is 11.8. The molecule has 0 bridgehead atoms. The zero-order chi connectivity index (χ0) is 12.6. The topological polar surface area (TPSA) is 52.6 Å². The van der Waals surface area contributed by atoms with E-state index in [2.05, 4.69) is 5.43 Å². The number of Topliss-reactive ketones (excluding diaryl/α,β-unsaturated/α-hetero) is 1. The second-order valence-electron chi connectivity index (χ2n) is 3.98. The molecular formula is C11H12ClN3O2. The van der Waals surface area contributed by atoms with Crippen molar-refractivity contribution in [2.45, 2.75) is 6.17 Å². The molecule has 0 radical (unpaired) electrons. The zero-order valence-corrected chi connectivity index (χ0v) is 10.2. The average Bonchev–Trinajstić information content (AvgIpc) is 2.58. The van der Waals surface area contributed by atoms with Crippen molar-refractivity contribution in [3.05, 3.63) is 29.3 Å². The van der Waals surface area contributed by atoms with Crippen LogP contribution in [0.4, 0.5) is 5.69 Å². The molecule has 90 valence electrons. The summed E-state index contributed by atoms with van der Waals surface area (Å²) in [6.07, 6.45) is -0.613. The van der Waals surface area contributed by atoms with Crippen molar-refractivity contribution in [1.82, 2.24) is 10.3 Å². The van der Waals surface area contributed by atoms with Gasteiger partial charge in [-0.25, -0.2) is 10.4 Å². The fourth-order valence-electron chi connectivity index (χ4n) is 1.60. The summed E-state index contributed by atoms with van der Waals surface area (Å²) >= 11 is 5.76. The van der Waals surface area contributed by atoms with Gasteiger partial charge >= 0.3 is 5.91 Å². The van der Waals surface area contributed by atoms with E-state index in [1.54, 1.807) is 43.3 Å². The molecule has 0 aliphatic carbocycles. The number of halogens is 1. The van der Waals surface area contributed by atoms with E-state index >= 15 is 0 Å². The van der Waals surface area contributed by atoms with Crippen LogP contribution in [0.15, 0.2) is 24.3 Å². The summed E-state index contributed by atoms with van der Waals surface area (Å²) in [4.78, 5) is 25.1. The predicted molar refractivity (Wildman–Crippen MR) is 64.6 cm³/mol. The smallest absolute Gasteiger partial charge is 0.286 e. The molecule has 17 heavy (non-hydrogen) atoms. The summed E-state index contributed by atoms with van der Waals surface area (Å²) in [6, 6.07) is 6.69. The Morgan fingerprint density at radius 3 is 2.29 bits per heavy atom. The highest BCUT2D eigenvalue weighted by Gasteiger charge is 2.40. The van der Waals surface area contributed by atoms with Gasteiger partial charge < -0.3 is 0 Å². The lowest BCUT2D eigenvalue weighted by Crippen LogP contribution is -2.45. The number of likely N-dealkylation sites (N-methyl/N-ethyl adjacent to an activating group) is 1. The SMILES string of the molecule is CN(C)C1NN(c2ccc(Cl)cc2)C(=O)C1=O. The molecule has 0 spiro atoms. The second-order valence-corrected chi connectivity index (χ2v) is 4.41. The van der Waals surface area contributed by atoms with Gasteiger partial charge in [-0.05, 0) is 38.4 Å². The molecule has 0 aromatic heterocycles. The number of hydrogen-bond donors (Lipinski definition) is 1. The molecule has 1 aliphatic rings. The van der Waals surface area contributed by atoms with Crippen LogP contribution in [0.3, 0.4) is 0 Å². The lowest BCUT2D eigenvalue weighted by Gasteiger charge is -2.20. The van der Waals surface area contributed by atoms with Crippen LogP contribution in [0, 0.1) is 0 Å². The number of amides is 1. The number of carbonyl (C=O) groups is 2. The van der Waals surface area contributed by atoms with Gasteiger partial charge in [0.05, 0.1) is 5.69 Å². The van der Waals surface area contributed by atoms with Gasteiger partial charge in [-0.1, -0.05) is 11.6 Å². The lowest BCUT2D eigenvalue weighted by atomic mass is 10.3. The van der Waals surface area contributed by atoms with E-state index in [0.717, 1.165) is 0 Å². The van der Waals surface area contributed by atoms with Gasteiger partial charge in [-0.15, -0.1) is 0 Å². The number of anilines is 1. The largest absolute Gasteiger partial charge is 0.312 e. The molecule has 1 aromatic rings. The fraction of sp³-hybridized carbons (Fsp3) is 0.273. The second kappa shape index (κ2) is 4.44. The molecule has 1 N–H and O–H groups in total. The third kappa shape index (κ3) is 2.17. The molecule has 6 heteroatoms. The first-order valence-electron chi connectivity index (χ1n) is 5.07. The highest BCUT2D eigenvalue weighted by atomic mass is 35.5. The number of nitrogens with one attached hydrogen (secondary N) is 1. The molecule has 1 unspecified atom stereocenters. The van der Waals surface area contributed by atoms with Crippen LogP contribution in [0.1, 0.15) is 0 Å². The Morgan fingerprint density at radius 2 is 1.82 bits per heavy atom. The van der Waals surface area contributed by atoms with Crippen molar-refractivity contribution in [3.63, 3.8) is 0 Å². The Balaban J connectivity index is 2.26. The number of hydrogen-bond acceptors (Lipinski definition) is 4. The Bertz CT molecular complexity index is 458. The molecule has 5 nitrogen and oxygen atoms in total. The third-order valence-electron chi connectivity index (χ3n) is 2.51. The highest BCUT2D eigenvalue weighted by Crippen LogP contribution is 2.20. The molecule has 0 saturated carbocycles. The van der Waals surface area contributed by atoms with Crippen LogP contribution < -0.4 is 10.4 Å². The van der Waals surface area contributed by atoms with E-state index in [1.807, 2.05) is 0 Å². The Morgan fingerprint density at radius 1 is 1.24 bits per heavy atom. The normalized spacial score (nSPS) is 20.5. The molecule has 1 aromatic carbocycles. The summed E-state index contributed by atoms with van der Waals surface area (Å²) in [6.45, 7) is 0. The van der Waals surface area contributed by atoms with Crippen LogP contribution in [0.25, 0.3) is 0 Å². The first-order chi connectivity index (χ1) is 8.00. The standard InChI is InChI=1S/C11H12ClN3O2/c1-14(2)10-9(16)11(17)15(13-10)8-5-3-7(12)4-6-8/h3-6,10,13H,1-2H3. The molecule has 1 amide bonds. The van der Waals surface area contributed by atoms with Gasteiger partial charge in [0.25, 0.3) is 5.78 Å². The van der Waals surface area contributed by atoms with Crippen molar-refractivity contribution in [1.29, 1.82) is 0 Å². The highest BCUT2D eigenvalue weighted by molar-refractivity contribution is 6.44. The monoisotopic (exact) mass is 253 g/mol. The van der Waals surface area contributed by atoms with Gasteiger partial charge in [0.15, 0.2) is 0 Å². The Kier molecular flexibility index (Phi) is 3.15. The maximum Gasteiger partial charge on any atom is 0.312 e. The van der Waals surface area contributed by atoms with Gasteiger partial charge in [0.2, 0.25) is 0 Å². The Labute approximate surface area is 104 Å². The molecule has 1 aliphatic heterocycles. The van der Waals surface area contributed by atoms with Crippen molar-refractivity contribution in [2.75, 3.05) is 19.1 Å². The number of carbonyl (C=O) groups excluding carboxylic acids is 2. The van der Waals surface area contributed by atoms with Crippen molar-refractivity contribution in [2.24, 2.45) is 0 Å². The van der Waals surface area contributed by atoms with E-state index < -0.39 is 17.9 Å². The van der Waals surface area contributed by atoms with Crippen LogP contribution in [-0.2, 0) is 9.59 Å². The minimum atomic E-state index is -0.613. The van der Waals surface area contributed by atoms with E-state index in [-0.39, 0.29) is 0 Å². The number of nitrogens with zero attached hydrogens (tertiary/aromatic N) is 2. The van der Waals surface area contributed by atoms with Crippen molar-refractivity contribution >= 4 is 29.0 Å². The zero-order valence-electron chi connectivity index (χ0n) is 9.48. The van der Waals surface area contributed by atoms with Gasteiger partial charge in [0, 0.05) is 5.02 Å². The molecule has 1 saturated heterocycles. The molecule has 1 atom stereocenters. The van der Waals surface area contributed by atoms with Crippen LogP contribution >= 0.6 is 11.6 Å². The third-order valence-corrected chi connectivity index (χ3v) is 2.77. The lowest BCUT2D eigenvalue weighted by molar-refractivity contribution is -0.135. The maximum atomic E-state index is 11.8. The summed E-state index contributed by atoms with van der Waals surface area (Å²) < 4.78 is 0. The van der Waals surface area contributed by atoms with Gasteiger partial charge in [-0.3, -0.25) is 14.5 Å². The molecule has 2 rings (SSSR count). The van der Waals surface area contributed by atoms with Crippen LogP contribution in [-0.4, -0.2) is 36.9 Å². The minimum Gasteiger partial charge on any atom is -0.286 e. The van der Waals surface area contributed by atoms with Gasteiger partial charge in [-0.2, -0.15) is 0 Å². The molecule has 1 heterocycles. The summed E-state index contributed by atoms with van der Waals surface area (Å²) in [5, 5.41) is 1.82. The fourth-order valence-corrected chi connectivity index (χ4v) is 1.72. The minimum absolute atomic E-state index is 0.468. The predicted octanol–water partition coefficient (Wildman–Crippen LogP) is 0.648. The van der Waals surface area contributed by atoms with Crippen LogP contribution in [0.5, 0.6) is 0 Å². The Hall–Kier alpha value is -1.43.